The monoisotopic (exact) mass is 276 g/mol. The van der Waals surface area contributed by atoms with Gasteiger partial charge >= 0.3 is 5.97 Å². The maximum Gasteiger partial charge on any atom is 0.343 e. The highest BCUT2D eigenvalue weighted by atomic mass is 16.5. The normalized spacial score (nSPS) is 12.2. The predicted octanol–water partition coefficient (Wildman–Crippen LogP) is 3.78. The number of hydrogen-bond acceptors (Lipinski definition) is 4. The first-order chi connectivity index (χ1) is 9.56. The third-order valence-corrected chi connectivity index (χ3v) is 2.65. The van der Waals surface area contributed by atoms with Crippen molar-refractivity contribution < 1.29 is 19.4 Å². The van der Waals surface area contributed by atoms with Crippen molar-refractivity contribution in [3.63, 3.8) is 0 Å². The summed E-state index contributed by atoms with van der Waals surface area (Å²) in [5, 5.41) is 9.19. The Balaban J connectivity index is 2.79. The molecule has 4 nitrogen and oxygen atoms in total. The van der Waals surface area contributed by atoms with E-state index in [1.807, 2.05) is 13.8 Å². The summed E-state index contributed by atoms with van der Waals surface area (Å²) in [5.74, 6) is 0.999. The standard InChI is InChI=1S/C16H20O4/c1-4-5-15(11-6-12(2)19-3)20-16(18)13-7-9-14(17)10-8-13/h6-11,17H,4-5H2,1-3H3/b12-6+,15-11+. The van der Waals surface area contributed by atoms with Gasteiger partial charge in [-0.25, -0.2) is 4.79 Å². The Bertz CT molecular complexity index is 498. The minimum atomic E-state index is -0.437. The van der Waals surface area contributed by atoms with Crippen LogP contribution in [-0.4, -0.2) is 18.2 Å². The van der Waals surface area contributed by atoms with E-state index in [0.717, 1.165) is 12.2 Å². The number of aromatic hydroxyl groups is 1. The summed E-state index contributed by atoms with van der Waals surface area (Å²) in [6.45, 7) is 3.83. The van der Waals surface area contributed by atoms with Crippen LogP contribution < -0.4 is 0 Å². The number of rotatable bonds is 6. The smallest absolute Gasteiger partial charge is 0.343 e. The molecule has 0 aromatic heterocycles. The number of carbonyl (C=O) groups is 1. The average molecular weight is 276 g/mol. The van der Waals surface area contributed by atoms with Crippen LogP contribution in [0.4, 0.5) is 0 Å². The summed E-state index contributed by atoms with van der Waals surface area (Å²) in [5.41, 5.74) is 0.400. The Hall–Kier alpha value is -2.23. The van der Waals surface area contributed by atoms with Crippen molar-refractivity contribution in [1.29, 1.82) is 0 Å². The van der Waals surface area contributed by atoms with Crippen LogP contribution in [0.3, 0.4) is 0 Å². The van der Waals surface area contributed by atoms with Crippen molar-refractivity contribution in [1.82, 2.24) is 0 Å². The molecule has 4 heteroatoms. The fourth-order valence-corrected chi connectivity index (χ4v) is 1.47. The first-order valence-corrected chi connectivity index (χ1v) is 6.49. The van der Waals surface area contributed by atoms with Crippen molar-refractivity contribution in [3.8, 4) is 5.75 Å². The van der Waals surface area contributed by atoms with Gasteiger partial charge in [0.1, 0.15) is 11.5 Å². The lowest BCUT2D eigenvalue weighted by Gasteiger charge is -2.07. The summed E-state index contributed by atoms with van der Waals surface area (Å²) in [4.78, 5) is 12.0. The second-order valence-electron chi connectivity index (χ2n) is 4.30. The molecule has 0 saturated heterocycles. The van der Waals surface area contributed by atoms with Crippen molar-refractivity contribution >= 4 is 5.97 Å². The Morgan fingerprint density at radius 1 is 1.25 bits per heavy atom. The number of carbonyl (C=O) groups excluding carboxylic acids is 1. The van der Waals surface area contributed by atoms with Gasteiger partial charge in [-0.05, 0) is 49.8 Å². The van der Waals surface area contributed by atoms with Crippen molar-refractivity contribution in [2.24, 2.45) is 0 Å². The van der Waals surface area contributed by atoms with E-state index in [9.17, 15) is 9.90 Å². The number of benzene rings is 1. The van der Waals surface area contributed by atoms with E-state index in [2.05, 4.69) is 0 Å². The van der Waals surface area contributed by atoms with Gasteiger partial charge in [-0.3, -0.25) is 0 Å². The number of hydrogen-bond donors (Lipinski definition) is 1. The van der Waals surface area contributed by atoms with Crippen molar-refractivity contribution in [2.45, 2.75) is 26.7 Å². The van der Waals surface area contributed by atoms with Gasteiger partial charge < -0.3 is 14.6 Å². The zero-order valence-corrected chi connectivity index (χ0v) is 12.1. The molecule has 1 aromatic rings. The Labute approximate surface area is 119 Å². The van der Waals surface area contributed by atoms with Crippen LogP contribution in [0, 0.1) is 0 Å². The van der Waals surface area contributed by atoms with Crippen LogP contribution in [0.25, 0.3) is 0 Å². The molecule has 0 fully saturated rings. The summed E-state index contributed by atoms with van der Waals surface area (Å²) in [6.07, 6.45) is 5.03. The van der Waals surface area contributed by atoms with Gasteiger partial charge in [0.2, 0.25) is 0 Å². The van der Waals surface area contributed by atoms with E-state index < -0.39 is 5.97 Å². The molecule has 0 saturated carbocycles. The van der Waals surface area contributed by atoms with Crippen molar-refractivity contribution in [2.75, 3.05) is 7.11 Å². The summed E-state index contributed by atoms with van der Waals surface area (Å²) >= 11 is 0. The Morgan fingerprint density at radius 3 is 2.45 bits per heavy atom. The molecule has 1 rings (SSSR count). The molecule has 0 aliphatic carbocycles. The number of phenols is 1. The highest BCUT2D eigenvalue weighted by Crippen LogP contribution is 2.15. The van der Waals surface area contributed by atoms with E-state index >= 15 is 0 Å². The lowest BCUT2D eigenvalue weighted by atomic mass is 10.2. The summed E-state index contributed by atoms with van der Waals surface area (Å²) in [6, 6.07) is 5.96. The number of allylic oxidation sites excluding steroid dienone is 4. The largest absolute Gasteiger partial charge is 0.508 e. The summed E-state index contributed by atoms with van der Waals surface area (Å²) in [7, 11) is 1.58. The van der Waals surface area contributed by atoms with E-state index in [1.165, 1.54) is 24.3 Å². The van der Waals surface area contributed by atoms with Gasteiger partial charge in [-0.15, -0.1) is 0 Å². The van der Waals surface area contributed by atoms with Crippen LogP contribution in [0.2, 0.25) is 0 Å². The van der Waals surface area contributed by atoms with Crippen LogP contribution >= 0.6 is 0 Å². The molecule has 0 amide bonds. The molecule has 0 bridgehead atoms. The third-order valence-electron chi connectivity index (χ3n) is 2.65. The molecule has 20 heavy (non-hydrogen) atoms. The maximum atomic E-state index is 12.0. The second kappa shape index (κ2) is 8.04. The van der Waals surface area contributed by atoms with E-state index in [1.54, 1.807) is 19.3 Å². The fraction of sp³-hybridized carbons (Fsp3) is 0.312. The molecule has 0 heterocycles. The predicted molar refractivity (Wildman–Crippen MR) is 77.3 cm³/mol. The molecular formula is C16H20O4. The zero-order valence-electron chi connectivity index (χ0n) is 12.1. The molecule has 0 atom stereocenters. The van der Waals surface area contributed by atoms with Crippen LogP contribution in [0.5, 0.6) is 5.75 Å². The molecular weight excluding hydrogens is 256 g/mol. The lowest BCUT2D eigenvalue weighted by Crippen LogP contribution is -2.05. The molecule has 0 spiro atoms. The van der Waals surface area contributed by atoms with Gasteiger partial charge in [-0.1, -0.05) is 6.92 Å². The number of methoxy groups -OCH3 is 1. The Kier molecular flexibility index (Phi) is 6.37. The number of phenolic OH excluding ortho intramolecular Hbond substituents is 1. The molecule has 0 aliphatic rings. The SMILES string of the molecule is CCC/C(=C\C=C(/C)OC)OC(=O)c1ccc(O)cc1. The quantitative estimate of drug-likeness (QED) is 0.488. The van der Waals surface area contributed by atoms with Crippen LogP contribution in [0.15, 0.2) is 47.9 Å². The van der Waals surface area contributed by atoms with Gasteiger partial charge in [0.25, 0.3) is 0 Å². The van der Waals surface area contributed by atoms with E-state index in [-0.39, 0.29) is 5.75 Å². The molecule has 0 aliphatic heterocycles. The highest BCUT2D eigenvalue weighted by Gasteiger charge is 2.09. The first-order valence-electron chi connectivity index (χ1n) is 6.49. The zero-order chi connectivity index (χ0) is 15.0. The number of esters is 1. The van der Waals surface area contributed by atoms with Gasteiger partial charge in [0.15, 0.2) is 0 Å². The maximum absolute atomic E-state index is 12.0. The van der Waals surface area contributed by atoms with Gasteiger partial charge in [0, 0.05) is 6.42 Å². The molecule has 108 valence electrons. The van der Waals surface area contributed by atoms with E-state index in [0.29, 0.717) is 17.7 Å². The van der Waals surface area contributed by atoms with Gasteiger partial charge in [0.05, 0.1) is 18.4 Å². The molecule has 1 aromatic carbocycles. The second-order valence-corrected chi connectivity index (χ2v) is 4.30. The molecule has 0 radical (unpaired) electrons. The van der Waals surface area contributed by atoms with Gasteiger partial charge in [-0.2, -0.15) is 0 Å². The molecule has 0 unspecified atom stereocenters. The number of ether oxygens (including phenoxy) is 2. The third kappa shape index (κ3) is 5.18. The van der Waals surface area contributed by atoms with Crippen LogP contribution in [-0.2, 0) is 9.47 Å². The van der Waals surface area contributed by atoms with Crippen molar-refractivity contribution in [3.05, 3.63) is 53.5 Å². The topological polar surface area (TPSA) is 55.8 Å². The van der Waals surface area contributed by atoms with Crippen LogP contribution in [0.1, 0.15) is 37.0 Å². The Morgan fingerprint density at radius 2 is 1.90 bits per heavy atom. The van der Waals surface area contributed by atoms with E-state index in [4.69, 9.17) is 9.47 Å². The molecule has 1 N–H and O–H groups in total. The average Bonchev–Trinajstić information content (AvgIpc) is 2.45. The highest BCUT2D eigenvalue weighted by molar-refractivity contribution is 5.90. The minimum absolute atomic E-state index is 0.115. The lowest BCUT2D eigenvalue weighted by molar-refractivity contribution is 0.0613. The summed E-state index contributed by atoms with van der Waals surface area (Å²) < 4.78 is 10.4. The fourth-order valence-electron chi connectivity index (χ4n) is 1.47. The minimum Gasteiger partial charge on any atom is -0.508 e. The first kappa shape index (κ1) is 15.8.